The van der Waals surface area contributed by atoms with Crippen LogP contribution in [0.25, 0.3) is 0 Å². The third-order valence-corrected chi connectivity index (χ3v) is 6.84. The summed E-state index contributed by atoms with van der Waals surface area (Å²) in [6, 6.07) is 13.5. The van der Waals surface area contributed by atoms with Gasteiger partial charge in [-0.3, -0.25) is 9.10 Å². The van der Waals surface area contributed by atoms with Crippen LogP contribution < -0.4 is 13.9 Å². The highest BCUT2D eigenvalue weighted by molar-refractivity contribution is 7.92. The number of rotatable bonds is 7. The summed E-state index contributed by atoms with van der Waals surface area (Å²) in [7, 11) is -2.03. The quantitative estimate of drug-likeness (QED) is 0.627. The maximum atomic E-state index is 13.4. The zero-order chi connectivity index (χ0) is 22.6. The van der Waals surface area contributed by atoms with E-state index in [1.807, 2.05) is 31.2 Å². The first-order valence-electron chi connectivity index (χ1n) is 10.2. The van der Waals surface area contributed by atoms with Crippen molar-refractivity contribution in [2.45, 2.75) is 19.4 Å². The maximum Gasteiger partial charge on any atom is 0.246 e. The number of piperazine rings is 1. The number of carbonyl (C=O) groups is 1. The molecule has 0 spiro atoms. The molecule has 0 unspecified atom stereocenters. The van der Waals surface area contributed by atoms with Gasteiger partial charge < -0.3 is 14.5 Å². The van der Waals surface area contributed by atoms with Gasteiger partial charge in [0.15, 0.2) is 0 Å². The summed E-state index contributed by atoms with van der Waals surface area (Å²) in [5.41, 5.74) is 1.42. The van der Waals surface area contributed by atoms with Crippen LogP contribution in [-0.2, 0) is 14.8 Å². The Morgan fingerprint density at radius 2 is 1.71 bits per heavy atom. The largest absolute Gasteiger partial charge is 0.495 e. The van der Waals surface area contributed by atoms with Crippen molar-refractivity contribution >= 4 is 38.9 Å². The summed E-state index contributed by atoms with van der Waals surface area (Å²) < 4.78 is 31.9. The molecule has 0 aromatic heterocycles. The summed E-state index contributed by atoms with van der Waals surface area (Å²) in [5, 5.41) is 0.504. The van der Waals surface area contributed by atoms with E-state index in [9.17, 15) is 13.2 Å². The number of hydrogen-bond acceptors (Lipinski definition) is 5. The number of benzene rings is 2. The van der Waals surface area contributed by atoms with E-state index >= 15 is 0 Å². The lowest BCUT2D eigenvalue weighted by Gasteiger charge is -2.39. The standard InChI is InChI=1S/C22H28ClN3O4S/c1-4-19(26(31(3,28)29)18-11-9-17(23)10-12-18)22(27)25-15-13-24(14-16-25)20-7-5-6-8-21(20)30-2/h5-12,19H,4,13-16H2,1-3H3/t19-/m0/s1. The number of para-hydroxylation sites is 2. The first-order valence-corrected chi connectivity index (χ1v) is 12.4. The SMILES string of the molecule is CC[C@@H](C(=O)N1CCN(c2ccccc2OC)CC1)N(c1ccc(Cl)cc1)S(C)(=O)=O. The third-order valence-electron chi connectivity index (χ3n) is 5.41. The molecule has 1 aliphatic rings. The Balaban J connectivity index is 1.78. The molecule has 0 bridgehead atoms. The molecule has 0 saturated carbocycles. The molecule has 168 valence electrons. The van der Waals surface area contributed by atoms with Crippen LogP contribution in [0.2, 0.25) is 5.02 Å². The molecule has 3 rings (SSSR count). The Morgan fingerprint density at radius 1 is 1.10 bits per heavy atom. The summed E-state index contributed by atoms with van der Waals surface area (Å²) >= 11 is 5.96. The molecular weight excluding hydrogens is 438 g/mol. The second kappa shape index (κ2) is 9.78. The monoisotopic (exact) mass is 465 g/mol. The van der Waals surface area contributed by atoms with Gasteiger partial charge in [-0.2, -0.15) is 0 Å². The van der Waals surface area contributed by atoms with Crippen LogP contribution in [0, 0.1) is 0 Å². The summed E-state index contributed by atoms with van der Waals surface area (Å²) in [6.07, 6.45) is 1.48. The number of hydrogen-bond donors (Lipinski definition) is 0. The maximum absolute atomic E-state index is 13.4. The number of methoxy groups -OCH3 is 1. The summed E-state index contributed by atoms with van der Waals surface area (Å²) in [6.45, 7) is 4.11. The van der Waals surface area contributed by atoms with E-state index in [0.29, 0.717) is 43.3 Å². The van der Waals surface area contributed by atoms with Gasteiger partial charge in [0, 0.05) is 31.2 Å². The lowest BCUT2D eigenvalue weighted by molar-refractivity contribution is -0.132. The van der Waals surface area contributed by atoms with Gasteiger partial charge in [-0.1, -0.05) is 30.7 Å². The van der Waals surface area contributed by atoms with Gasteiger partial charge in [0.2, 0.25) is 15.9 Å². The Morgan fingerprint density at radius 3 is 2.26 bits per heavy atom. The lowest BCUT2D eigenvalue weighted by Crippen LogP contribution is -2.56. The van der Waals surface area contributed by atoms with Crippen molar-refractivity contribution in [1.29, 1.82) is 0 Å². The highest BCUT2D eigenvalue weighted by Crippen LogP contribution is 2.29. The molecule has 2 aromatic rings. The lowest BCUT2D eigenvalue weighted by atomic mass is 10.1. The predicted octanol–water partition coefficient (Wildman–Crippen LogP) is 3.24. The van der Waals surface area contributed by atoms with Gasteiger partial charge in [-0.05, 0) is 42.8 Å². The van der Waals surface area contributed by atoms with E-state index in [1.54, 1.807) is 36.3 Å². The minimum atomic E-state index is -3.67. The van der Waals surface area contributed by atoms with Crippen LogP contribution in [0.5, 0.6) is 5.75 Å². The minimum Gasteiger partial charge on any atom is -0.495 e. The Kier molecular flexibility index (Phi) is 7.33. The van der Waals surface area contributed by atoms with Gasteiger partial charge in [0.1, 0.15) is 11.8 Å². The fourth-order valence-electron chi connectivity index (χ4n) is 3.90. The van der Waals surface area contributed by atoms with E-state index in [1.165, 1.54) is 4.31 Å². The number of carbonyl (C=O) groups excluding carboxylic acids is 1. The van der Waals surface area contributed by atoms with Crippen molar-refractivity contribution in [3.8, 4) is 5.75 Å². The molecule has 0 radical (unpaired) electrons. The predicted molar refractivity (Wildman–Crippen MR) is 125 cm³/mol. The van der Waals surface area contributed by atoms with Crippen molar-refractivity contribution in [3.05, 3.63) is 53.6 Å². The average molecular weight is 466 g/mol. The number of halogens is 1. The normalized spacial score (nSPS) is 15.5. The van der Waals surface area contributed by atoms with Crippen molar-refractivity contribution < 1.29 is 17.9 Å². The van der Waals surface area contributed by atoms with E-state index in [4.69, 9.17) is 16.3 Å². The highest BCUT2D eigenvalue weighted by Gasteiger charge is 2.35. The fraction of sp³-hybridized carbons (Fsp3) is 0.409. The van der Waals surface area contributed by atoms with Gasteiger partial charge in [-0.15, -0.1) is 0 Å². The van der Waals surface area contributed by atoms with Gasteiger partial charge >= 0.3 is 0 Å². The van der Waals surface area contributed by atoms with Crippen LogP contribution in [0.15, 0.2) is 48.5 Å². The van der Waals surface area contributed by atoms with Crippen LogP contribution in [0.1, 0.15) is 13.3 Å². The molecule has 1 aliphatic heterocycles. The summed E-state index contributed by atoms with van der Waals surface area (Å²) in [5.74, 6) is 0.599. The fourth-order valence-corrected chi connectivity index (χ4v) is 5.23. The first kappa shape index (κ1) is 23.2. The van der Waals surface area contributed by atoms with Crippen molar-refractivity contribution in [1.82, 2.24) is 4.90 Å². The van der Waals surface area contributed by atoms with Crippen molar-refractivity contribution in [2.75, 3.05) is 48.7 Å². The number of ether oxygens (including phenoxy) is 1. The van der Waals surface area contributed by atoms with Gasteiger partial charge in [0.25, 0.3) is 0 Å². The molecule has 0 aliphatic carbocycles. The number of sulfonamides is 1. The molecule has 31 heavy (non-hydrogen) atoms. The molecular formula is C22H28ClN3O4S. The van der Waals surface area contributed by atoms with Gasteiger partial charge in [-0.25, -0.2) is 8.42 Å². The van der Waals surface area contributed by atoms with Crippen LogP contribution in [0.3, 0.4) is 0 Å². The number of amides is 1. The molecule has 9 heteroatoms. The Hall–Kier alpha value is -2.45. The van der Waals surface area contributed by atoms with Gasteiger partial charge in [0.05, 0.1) is 24.7 Å². The zero-order valence-electron chi connectivity index (χ0n) is 18.0. The molecule has 2 aromatic carbocycles. The zero-order valence-corrected chi connectivity index (χ0v) is 19.6. The van der Waals surface area contributed by atoms with Crippen LogP contribution >= 0.6 is 11.6 Å². The second-order valence-electron chi connectivity index (χ2n) is 7.44. The first-order chi connectivity index (χ1) is 14.8. The van der Waals surface area contributed by atoms with Crippen molar-refractivity contribution in [3.63, 3.8) is 0 Å². The molecule has 7 nitrogen and oxygen atoms in total. The smallest absolute Gasteiger partial charge is 0.246 e. The minimum absolute atomic E-state index is 0.192. The van der Waals surface area contributed by atoms with E-state index in [0.717, 1.165) is 17.7 Å². The molecule has 1 saturated heterocycles. The molecule has 1 amide bonds. The molecule has 1 fully saturated rings. The molecule has 1 heterocycles. The number of nitrogens with zero attached hydrogens (tertiary/aromatic N) is 3. The molecule has 1 atom stereocenters. The van der Waals surface area contributed by atoms with Crippen LogP contribution in [-0.4, -0.2) is 64.8 Å². The Bertz CT molecular complexity index is 1010. The van der Waals surface area contributed by atoms with Crippen molar-refractivity contribution in [2.24, 2.45) is 0 Å². The van der Waals surface area contributed by atoms with E-state index in [2.05, 4.69) is 4.90 Å². The third kappa shape index (κ3) is 5.25. The summed E-state index contributed by atoms with van der Waals surface area (Å²) in [4.78, 5) is 17.3. The van der Waals surface area contributed by atoms with Crippen LogP contribution in [0.4, 0.5) is 11.4 Å². The number of anilines is 2. The Labute approximate surface area is 189 Å². The van der Waals surface area contributed by atoms with E-state index < -0.39 is 16.1 Å². The molecule has 0 N–H and O–H groups in total. The average Bonchev–Trinajstić information content (AvgIpc) is 2.77. The topological polar surface area (TPSA) is 70.2 Å². The highest BCUT2D eigenvalue weighted by atomic mass is 35.5. The van der Waals surface area contributed by atoms with E-state index in [-0.39, 0.29) is 5.91 Å². The second-order valence-corrected chi connectivity index (χ2v) is 9.74.